The van der Waals surface area contributed by atoms with E-state index in [0.717, 1.165) is 28.0 Å². The number of nitrogens with zero attached hydrogens (tertiary/aromatic N) is 5. The van der Waals surface area contributed by atoms with Crippen molar-refractivity contribution < 1.29 is 0 Å². The molecule has 0 atom stereocenters. The normalized spacial score (nSPS) is 11.2. The standard InChI is InChI=1S/C16H12ClN5/c1-21-8-12(6-19-21)16-15-7-18-10-22(15)9-14(20-16)11-2-4-13(17)5-3-11/h2-10H,1H3. The van der Waals surface area contributed by atoms with Crippen LogP contribution in [0.5, 0.6) is 0 Å². The van der Waals surface area contributed by atoms with E-state index in [9.17, 15) is 0 Å². The van der Waals surface area contributed by atoms with Gasteiger partial charge >= 0.3 is 0 Å². The zero-order valence-electron chi connectivity index (χ0n) is 11.8. The molecule has 0 saturated heterocycles. The summed E-state index contributed by atoms with van der Waals surface area (Å²) in [6, 6.07) is 7.64. The first-order chi connectivity index (χ1) is 10.7. The molecule has 6 heteroatoms. The van der Waals surface area contributed by atoms with Crippen LogP contribution in [0, 0.1) is 0 Å². The molecule has 5 nitrogen and oxygen atoms in total. The highest BCUT2D eigenvalue weighted by atomic mass is 35.5. The summed E-state index contributed by atoms with van der Waals surface area (Å²) in [7, 11) is 1.89. The van der Waals surface area contributed by atoms with E-state index in [-0.39, 0.29) is 0 Å². The third-order valence-corrected chi connectivity index (χ3v) is 3.77. The Kier molecular flexibility index (Phi) is 2.94. The number of rotatable bonds is 2. The molecule has 22 heavy (non-hydrogen) atoms. The minimum Gasteiger partial charge on any atom is -0.302 e. The van der Waals surface area contributed by atoms with E-state index in [1.807, 2.05) is 48.1 Å². The maximum Gasteiger partial charge on any atom is 0.0998 e. The highest BCUT2D eigenvalue weighted by Crippen LogP contribution is 2.27. The maximum absolute atomic E-state index is 5.96. The van der Waals surface area contributed by atoms with Gasteiger partial charge in [-0.05, 0) is 12.1 Å². The average Bonchev–Trinajstić information content (AvgIpc) is 3.15. The van der Waals surface area contributed by atoms with Crippen molar-refractivity contribution in [1.29, 1.82) is 0 Å². The maximum atomic E-state index is 5.96. The van der Waals surface area contributed by atoms with Gasteiger partial charge in [-0.2, -0.15) is 5.10 Å². The Hall–Kier alpha value is -2.66. The quantitative estimate of drug-likeness (QED) is 0.570. The molecule has 108 valence electrons. The Morgan fingerprint density at radius 1 is 1.00 bits per heavy atom. The molecule has 0 fully saturated rings. The molecule has 0 spiro atoms. The molecule has 0 radical (unpaired) electrons. The van der Waals surface area contributed by atoms with Crippen LogP contribution in [0.25, 0.3) is 28.0 Å². The fourth-order valence-corrected chi connectivity index (χ4v) is 2.57. The van der Waals surface area contributed by atoms with E-state index in [1.165, 1.54) is 0 Å². The van der Waals surface area contributed by atoms with Crippen molar-refractivity contribution in [2.24, 2.45) is 7.05 Å². The number of fused-ring (bicyclic) bond motifs is 1. The number of aromatic nitrogens is 5. The molecule has 0 aliphatic rings. The van der Waals surface area contributed by atoms with E-state index < -0.39 is 0 Å². The zero-order valence-corrected chi connectivity index (χ0v) is 12.6. The van der Waals surface area contributed by atoms with E-state index in [1.54, 1.807) is 23.4 Å². The molecule has 3 heterocycles. The Balaban J connectivity index is 1.95. The molecule has 4 aromatic rings. The number of hydrogen-bond acceptors (Lipinski definition) is 3. The molecular weight excluding hydrogens is 298 g/mol. The summed E-state index contributed by atoms with van der Waals surface area (Å²) in [5.74, 6) is 0. The zero-order chi connectivity index (χ0) is 15.1. The van der Waals surface area contributed by atoms with Gasteiger partial charge in [-0.15, -0.1) is 0 Å². The topological polar surface area (TPSA) is 48.0 Å². The van der Waals surface area contributed by atoms with Crippen molar-refractivity contribution in [2.75, 3.05) is 0 Å². The fraction of sp³-hybridized carbons (Fsp3) is 0.0625. The molecule has 1 aromatic carbocycles. The van der Waals surface area contributed by atoms with Crippen LogP contribution in [0.2, 0.25) is 5.02 Å². The van der Waals surface area contributed by atoms with Gasteiger partial charge in [-0.3, -0.25) is 4.68 Å². The Labute approximate surface area is 131 Å². The van der Waals surface area contributed by atoms with Crippen molar-refractivity contribution in [3.63, 3.8) is 0 Å². The predicted octanol–water partition coefficient (Wildman–Crippen LogP) is 3.45. The molecule has 0 unspecified atom stereocenters. The first-order valence-electron chi connectivity index (χ1n) is 6.78. The lowest BCUT2D eigenvalue weighted by molar-refractivity contribution is 0.768. The van der Waals surface area contributed by atoms with Crippen molar-refractivity contribution >= 4 is 17.1 Å². The van der Waals surface area contributed by atoms with Gasteiger partial charge in [-0.25, -0.2) is 9.97 Å². The molecule has 4 rings (SSSR count). The van der Waals surface area contributed by atoms with Gasteiger partial charge in [0.25, 0.3) is 0 Å². The lowest BCUT2D eigenvalue weighted by Gasteiger charge is -2.07. The van der Waals surface area contributed by atoms with Crippen LogP contribution in [0.15, 0.2) is 55.4 Å². The largest absolute Gasteiger partial charge is 0.302 e. The van der Waals surface area contributed by atoms with Crippen LogP contribution in [-0.4, -0.2) is 24.1 Å². The van der Waals surface area contributed by atoms with Crippen LogP contribution in [0.3, 0.4) is 0 Å². The smallest absolute Gasteiger partial charge is 0.0998 e. The second-order valence-electron chi connectivity index (χ2n) is 5.07. The first kappa shape index (κ1) is 13.0. The summed E-state index contributed by atoms with van der Waals surface area (Å²) in [5.41, 5.74) is 4.64. The van der Waals surface area contributed by atoms with E-state index in [4.69, 9.17) is 16.6 Å². The highest BCUT2D eigenvalue weighted by Gasteiger charge is 2.11. The third-order valence-electron chi connectivity index (χ3n) is 3.52. The second-order valence-corrected chi connectivity index (χ2v) is 5.51. The number of aryl methyl sites for hydroxylation is 1. The minimum absolute atomic E-state index is 0.708. The Bertz CT molecular complexity index is 952. The average molecular weight is 310 g/mol. The molecule has 0 bridgehead atoms. The van der Waals surface area contributed by atoms with Gasteiger partial charge in [0, 0.05) is 35.6 Å². The molecule has 3 aromatic heterocycles. The number of imidazole rings is 1. The number of halogens is 1. The van der Waals surface area contributed by atoms with Gasteiger partial charge in [0.05, 0.1) is 35.6 Å². The first-order valence-corrected chi connectivity index (χ1v) is 7.16. The van der Waals surface area contributed by atoms with Crippen LogP contribution < -0.4 is 0 Å². The Morgan fingerprint density at radius 2 is 1.82 bits per heavy atom. The lowest BCUT2D eigenvalue weighted by Crippen LogP contribution is -1.94. The van der Waals surface area contributed by atoms with Crippen LogP contribution in [0.1, 0.15) is 0 Å². The highest BCUT2D eigenvalue weighted by molar-refractivity contribution is 6.30. The van der Waals surface area contributed by atoms with Crippen LogP contribution >= 0.6 is 11.6 Å². The van der Waals surface area contributed by atoms with Crippen LogP contribution in [0.4, 0.5) is 0 Å². The van der Waals surface area contributed by atoms with Gasteiger partial charge < -0.3 is 4.40 Å². The van der Waals surface area contributed by atoms with Gasteiger partial charge in [0.15, 0.2) is 0 Å². The number of benzene rings is 1. The van der Waals surface area contributed by atoms with E-state index >= 15 is 0 Å². The summed E-state index contributed by atoms with van der Waals surface area (Å²) in [4.78, 5) is 9.02. The summed E-state index contributed by atoms with van der Waals surface area (Å²) < 4.78 is 3.73. The van der Waals surface area contributed by atoms with Gasteiger partial charge in [-0.1, -0.05) is 23.7 Å². The van der Waals surface area contributed by atoms with E-state index in [2.05, 4.69) is 10.1 Å². The third kappa shape index (κ3) is 2.16. The molecule has 0 aliphatic heterocycles. The summed E-state index contributed by atoms with van der Waals surface area (Å²) in [5, 5.41) is 4.94. The van der Waals surface area contributed by atoms with Gasteiger partial charge in [0.2, 0.25) is 0 Å². The molecule has 0 amide bonds. The number of hydrogen-bond donors (Lipinski definition) is 0. The molecule has 0 saturated carbocycles. The van der Waals surface area contributed by atoms with Gasteiger partial charge in [0.1, 0.15) is 0 Å². The van der Waals surface area contributed by atoms with Crippen LogP contribution in [-0.2, 0) is 7.05 Å². The fourth-order valence-electron chi connectivity index (χ4n) is 2.44. The second kappa shape index (κ2) is 4.96. The Morgan fingerprint density at radius 3 is 2.55 bits per heavy atom. The SMILES string of the molecule is Cn1cc(-c2nc(-c3ccc(Cl)cc3)cn3cncc23)cn1. The minimum atomic E-state index is 0.708. The lowest BCUT2D eigenvalue weighted by atomic mass is 10.1. The van der Waals surface area contributed by atoms with Crippen molar-refractivity contribution in [2.45, 2.75) is 0 Å². The van der Waals surface area contributed by atoms with Crippen molar-refractivity contribution in [3.8, 4) is 22.5 Å². The summed E-state index contributed by atoms with van der Waals surface area (Å²) in [6.07, 6.45) is 9.30. The summed E-state index contributed by atoms with van der Waals surface area (Å²) >= 11 is 5.96. The molecule has 0 aliphatic carbocycles. The van der Waals surface area contributed by atoms with Crippen molar-refractivity contribution in [1.82, 2.24) is 24.1 Å². The predicted molar refractivity (Wildman–Crippen MR) is 85.6 cm³/mol. The van der Waals surface area contributed by atoms with E-state index in [0.29, 0.717) is 5.02 Å². The molecular formula is C16H12ClN5. The monoisotopic (exact) mass is 309 g/mol. The summed E-state index contributed by atoms with van der Waals surface area (Å²) in [6.45, 7) is 0. The molecule has 0 N–H and O–H groups in total. The van der Waals surface area contributed by atoms with Crippen molar-refractivity contribution in [3.05, 3.63) is 60.4 Å².